The van der Waals surface area contributed by atoms with Gasteiger partial charge >= 0.3 is 0 Å². The van der Waals surface area contributed by atoms with Gasteiger partial charge in [0.25, 0.3) is 0 Å². The fourth-order valence-corrected chi connectivity index (χ4v) is 2.92. The zero-order valence-electron chi connectivity index (χ0n) is 14.2. The van der Waals surface area contributed by atoms with Crippen molar-refractivity contribution in [3.8, 4) is 5.69 Å². The van der Waals surface area contributed by atoms with E-state index < -0.39 is 0 Å². The molecule has 0 aliphatic rings. The predicted octanol–water partition coefficient (Wildman–Crippen LogP) is 2.86. The molecular weight excluding hydrogens is 312 g/mol. The summed E-state index contributed by atoms with van der Waals surface area (Å²) >= 11 is 0. The Kier molecular flexibility index (Phi) is 3.85. The summed E-state index contributed by atoms with van der Waals surface area (Å²) in [6, 6.07) is 12.3. The average Bonchev–Trinajstić information content (AvgIpc) is 3.05. The minimum atomic E-state index is 0.654. The van der Waals surface area contributed by atoms with E-state index in [9.17, 15) is 0 Å². The summed E-state index contributed by atoms with van der Waals surface area (Å²) in [5, 5.41) is 8.80. The van der Waals surface area contributed by atoms with Gasteiger partial charge in [0, 0.05) is 12.1 Å². The number of pyridine rings is 1. The summed E-state index contributed by atoms with van der Waals surface area (Å²) in [6.45, 7) is 4.83. The molecule has 0 atom stereocenters. The van der Waals surface area contributed by atoms with Gasteiger partial charge in [0.2, 0.25) is 0 Å². The molecule has 4 aromatic rings. The van der Waals surface area contributed by atoms with Crippen LogP contribution in [0.4, 0.5) is 5.82 Å². The van der Waals surface area contributed by atoms with E-state index in [2.05, 4.69) is 57.4 Å². The summed E-state index contributed by atoms with van der Waals surface area (Å²) in [7, 11) is 0. The Morgan fingerprint density at radius 2 is 2.04 bits per heavy atom. The maximum atomic E-state index is 4.54. The van der Waals surface area contributed by atoms with Crippen molar-refractivity contribution in [1.29, 1.82) is 0 Å². The van der Waals surface area contributed by atoms with Crippen molar-refractivity contribution in [3.63, 3.8) is 0 Å². The second kappa shape index (κ2) is 6.32. The summed E-state index contributed by atoms with van der Waals surface area (Å²) in [5.41, 5.74) is 5.30. The molecule has 2 N–H and O–H groups in total. The van der Waals surface area contributed by atoms with E-state index in [1.807, 2.05) is 35.3 Å². The molecule has 0 unspecified atom stereocenters. The summed E-state index contributed by atoms with van der Waals surface area (Å²) in [5.74, 6) is 0.776. The molecule has 0 bridgehead atoms. The van der Waals surface area contributed by atoms with Crippen molar-refractivity contribution in [2.24, 2.45) is 0 Å². The zero-order chi connectivity index (χ0) is 17.2. The normalized spacial score (nSPS) is 11.0. The number of H-pyrrole nitrogens is 1. The van der Waals surface area contributed by atoms with Gasteiger partial charge in [0.05, 0.1) is 17.3 Å². The van der Waals surface area contributed by atoms with Crippen LogP contribution in [0.25, 0.3) is 16.7 Å². The van der Waals surface area contributed by atoms with Gasteiger partial charge in [-0.2, -0.15) is 5.10 Å². The van der Waals surface area contributed by atoms with E-state index in [0.717, 1.165) is 33.8 Å². The van der Waals surface area contributed by atoms with Crippen LogP contribution in [0.1, 0.15) is 16.8 Å². The van der Waals surface area contributed by atoms with Crippen LogP contribution >= 0.6 is 0 Å². The van der Waals surface area contributed by atoms with E-state index in [4.69, 9.17) is 0 Å². The molecule has 0 fully saturated rings. The molecular formula is C19H19N6+. The summed E-state index contributed by atoms with van der Waals surface area (Å²) in [4.78, 5) is 12.0. The van der Waals surface area contributed by atoms with Crippen molar-refractivity contribution in [2.75, 3.05) is 5.32 Å². The first-order valence-corrected chi connectivity index (χ1v) is 8.18. The van der Waals surface area contributed by atoms with Gasteiger partial charge in [-0.15, -0.1) is 0 Å². The summed E-state index contributed by atoms with van der Waals surface area (Å²) < 4.78 is 1.87. The van der Waals surface area contributed by atoms with Gasteiger partial charge in [-0.1, -0.05) is 23.8 Å². The lowest BCUT2D eigenvalue weighted by molar-refractivity contribution is -0.389. The highest BCUT2D eigenvalue weighted by molar-refractivity contribution is 5.87. The lowest BCUT2D eigenvalue weighted by atomic mass is 10.1. The summed E-state index contributed by atoms with van der Waals surface area (Å²) in [6.07, 6.45) is 5.29. The third kappa shape index (κ3) is 2.94. The van der Waals surface area contributed by atoms with Crippen LogP contribution in [0.2, 0.25) is 0 Å². The Hall–Kier alpha value is -3.28. The molecule has 6 heteroatoms. The fraction of sp³-hybridized carbons (Fsp3) is 0.158. The molecule has 6 nitrogen and oxygen atoms in total. The lowest BCUT2D eigenvalue weighted by Crippen LogP contribution is -2.14. The number of nitrogens with zero attached hydrogens (tertiary/aromatic N) is 4. The molecule has 4 rings (SSSR count). The highest BCUT2D eigenvalue weighted by Gasteiger charge is 2.13. The maximum Gasteiger partial charge on any atom is 0.198 e. The first kappa shape index (κ1) is 15.3. The number of benzene rings is 1. The molecule has 0 amide bonds. The second-order valence-electron chi connectivity index (χ2n) is 6.05. The van der Waals surface area contributed by atoms with Crippen LogP contribution in [0.3, 0.4) is 0 Å². The Labute approximate surface area is 145 Å². The third-order valence-electron chi connectivity index (χ3n) is 4.17. The Morgan fingerprint density at radius 1 is 1.12 bits per heavy atom. The number of aryl methyl sites for hydroxylation is 2. The van der Waals surface area contributed by atoms with Crippen LogP contribution in [0.5, 0.6) is 0 Å². The van der Waals surface area contributed by atoms with Crippen LogP contribution in [-0.2, 0) is 6.54 Å². The topological polar surface area (TPSA) is 69.8 Å². The standard InChI is InChI=1S/C19H18N6/c1-13-6-7-17(14(2)9-13)25-19-16(11-24-25)18(22-12-23-19)21-10-15-5-3-4-8-20-15/h3-9,11-12H,10H2,1-2H3,(H,21,22,23)/p+1. The van der Waals surface area contributed by atoms with Gasteiger partial charge in [-0.05, 0) is 25.5 Å². The quantitative estimate of drug-likeness (QED) is 0.624. The fourth-order valence-electron chi connectivity index (χ4n) is 2.92. The van der Waals surface area contributed by atoms with E-state index >= 15 is 0 Å². The maximum absolute atomic E-state index is 4.54. The number of aromatic amines is 1. The third-order valence-corrected chi connectivity index (χ3v) is 4.17. The van der Waals surface area contributed by atoms with Crippen LogP contribution in [-0.4, -0.2) is 19.7 Å². The number of fused-ring (bicyclic) bond motifs is 1. The van der Waals surface area contributed by atoms with Crippen LogP contribution in [0, 0.1) is 13.8 Å². The number of anilines is 1. The van der Waals surface area contributed by atoms with E-state index in [1.54, 1.807) is 6.33 Å². The van der Waals surface area contributed by atoms with E-state index in [0.29, 0.717) is 6.54 Å². The SMILES string of the molecule is Cc1ccc(-n2ncc3c(NCc4cccc[nH+]4)ncnc32)c(C)c1. The van der Waals surface area contributed by atoms with Crippen molar-refractivity contribution in [1.82, 2.24) is 19.7 Å². The molecule has 1 aromatic carbocycles. The van der Waals surface area contributed by atoms with Crippen LogP contribution < -0.4 is 10.3 Å². The van der Waals surface area contributed by atoms with Gasteiger partial charge in [0.1, 0.15) is 18.7 Å². The molecule has 0 saturated heterocycles. The molecule has 25 heavy (non-hydrogen) atoms. The molecule has 124 valence electrons. The number of hydrogen-bond donors (Lipinski definition) is 1. The number of rotatable bonds is 4. The molecule has 0 aliphatic heterocycles. The zero-order valence-corrected chi connectivity index (χ0v) is 14.2. The molecule has 0 radical (unpaired) electrons. The van der Waals surface area contributed by atoms with Gasteiger partial charge < -0.3 is 5.32 Å². The number of hydrogen-bond acceptors (Lipinski definition) is 4. The Morgan fingerprint density at radius 3 is 2.84 bits per heavy atom. The van der Waals surface area contributed by atoms with E-state index in [1.165, 1.54) is 5.56 Å². The lowest BCUT2D eigenvalue weighted by Gasteiger charge is -2.08. The van der Waals surface area contributed by atoms with E-state index in [-0.39, 0.29) is 0 Å². The monoisotopic (exact) mass is 331 g/mol. The molecule has 3 aromatic heterocycles. The second-order valence-corrected chi connectivity index (χ2v) is 6.05. The minimum Gasteiger partial charge on any atom is -0.359 e. The molecule has 0 spiro atoms. The van der Waals surface area contributed by atoms with Crippen LogP contribution in [0.15, 0.2) is 55.1 Å². The largest absolute Gasteiger partial charge is 0.359 e. The first-order valence-electron chi connectivity index (χ1n) is 8.18. The first-order chi connectivity index (χ1) is 12.2. The minimum absolute atomic E-state index is 0.654. The molecule has 0 saturated carbocycles. The number of aromatic nitrogens is 5. The molecule has 0 aliphatic carbocycles. The van der Waals surface area contributed by atoms with Crippen molar-refractivity contribution >= 4 is 16.9 Å². The van der Waals surface area contributed by atoms with Crippen molar-refractivity contribution in [3.05, 3.63) is 71.9 Å². The Balaban J connectivity index is 1.70. The highest BCUT2D eigenvalue weighted by atomic mass is 15.3. The highest BCUT2D eigenvalue weighted by Crippen LogP contribution is 2.23. The van der Waals surface area contributed by atoms with Crippen molar-refractivity contribution < 1.29 is 4.98 Å². The Bertz CT molecular complexity index is 1020. The van der Waals surface area contributed by atoms with Gasteiger partial charge in [-0.3, -0.25) is 0 Å². The smallest absolute Gasteiger partial charge is 0.198 e. The average molecular weight is 331 g/mol. The van der Waals surface area contributed by atoms with Gasteiger partial charge in [0.15, 0.2) is 17.5 Å². The predicted molar refractivity (Wildman–Crippen MR) is 96.5 cm³/mol. The van der Waals surface area contributed by atoms with Crippen molar-refractivity contribution in [2.45, 2.75) is 20.4 Å². The molecule has 3 heterocycles. The van der Waals surface area contributed by atoms with Gasteiger partial charge in [-0.25, -0.2) is 19.6 Å². The number of nitrogens with one attached hydrogen (secondary N) is 2.